The van der Waals surface area contributed by atoms with E-state index in [4.69, 9.17) is 0 Å². The Balaban J connectivity index is 1.34. The van der Waals surface area contributed by atoms with Crippen LogP contribution in [0, 0.1) is 0 Å². The Morgan fingerprint density at radius 1 is 1.23 bits per heavy atom. The summed E-state index contributed by atoms with van der Waals surface area (Å²) in [5.74, 6) is 1.12. The molecule has 134 valence electrons. The van der Waals surface area contributed by atoms with E-state index in [1.165, 1.54) is 24.6 Å². The van der Waals surface area contributed by atoms with Gasteiger partial charge in [0.05, 0.1) is 23.7 Å². The van der Waals surface area contributed by atoms with Gasteiger partial charge in [-0.15, -0.1) is 11.3 Å². The number of rotatable bonds is 6. The van der Waals surface area contributed by atoms with Gasteiger partial charge in [0.2, 0.25) is 5.91 Å². The smallest absolute Gasteiger partial charge is 0.235 e. The fourth-order valence-electron chi connectivity index (χ4n) is 3.22. The minimum Gasteiger partial charge on any atom is -0.310 e. The van der Waals surface area contributed by atoms with E-state index in [1.807, 2.05) is 46.5 Å². The number of thioether (sulfide) groups is 1. The van der Waals surface area contributed by atoms with E-state index in [1.54, 1.807) is 17.5 Å². The molecule has 0 unspecified atom stereocenters. The number of aromatic nitrogens is 3. The van der Waals surface area contributed by atoms with Crippen molar-refractivity contribution >= 4 is 34.8 Å². The van der Waals surface area contributed by atoms with Crippen LogP contribution in [-0.2, 0) is 4.79 Å². The molecule has 4 rings (SSSR count). The van der Waals surface area contributed by atoms with Crippen molar-refractivity contribution in [3.8, 4) is 11.3 Å². The number of carbonyl (C=O) groups excluding carboxylic acids is 1. The van der Waals surface area contributed by atoms with Crippen molar-refractivity contribution in [1.29, 1.82) is 0 Å². The predicted molar refractivity (Wildman–Crippen MR) is 107 cm³/mol. The van der Waals surface area contributed by atoms with Crippen LogP contribution in [0.1, 0.15) is 31.7 Å². The van der Waals surface area contributed by atoms with Crippen LogP contribution in [-0.4, -0.2) is 26.4 Å². The highest BCUT2D eigenvalue weighted by molar-refractivity contribution is 8.01. The van der Waals surface area contributed by atoms with E-state index in [2.05, 4.69) is 15.4 Å². The Kier molecular flexibility index (Phi) is 5.36. The van der Waals surface area contributed by atoms with Gasteiger partial charge in [-0.2, -0.15) is 5.10 Å². The molecule has 1 aliphatic carbocycles. The molecule has 1 N–H and O–H groups in total. The Labute approximate surface area is 160 Å². The third-order valence-electron chi connectivity index (χ3n) is 4.49. The first kappa shape index (κ1) is 17.3. The highest BCUT2D eigenvalue weighted by Gasteiger charge is 2.20. The van der Waals surface area contributed by atoms with Gasteiger partial charge in [-0.1, -0.05) is 54.9 Å². The first-order valence-corrected chi connectivity index (χ1v) is 10.6. The molecule has 2 aromatic heterocycles. The second-order valence-corrected chi connectivity index (χ2v) is 8.38. The minimum absolute atomic E-state index is 0.0220. The first-order chi connectivity index (χ1) is 12.8. The number of amides is 1. The average Bonchev–Trinajstić information content (AvgIpc) is 3.42. The molecule has 7 heteroatoms. The Bertz CT molecular complexity index is 869. The van der Waals surface area contributed by atoms with Gasteiger partial charge in [-0.3, -0.25) is 4.79 Å². The molecule has 0 spiro atoms. The topological polar surface area (TPSA) is 59.8 Å². The van der Waals surface area contributed by atoms with E-state index in [0.717, 1.165) is 34.3 Å². The van der Waals surface area contributed by atoms with Crippen molar-refractivity contribution in [2.75, 3.05) is 11.1 Å². The van der Waals surface area contributed by atoms with Crippen molar-refractivity contribution in [1.82, 2.24) is 14.8 Å². The van der Waals surface area contributed by atoms with Crippen LogP contribution in [0.4, 0.5) is 5.82 Å². The third-order valence-corrected chi connectivity index (χ3v) is 6.51. The lowest BCUT2D eigenvalue weighted by atomic mass is 10.2. The number of nitrogens with zero attached hydrogens (tertiary/aromatic N) is 3. The largest absolute Gasteiger partial charge is 0.310 e. The van der Waals surface area contributed by atoms with Crippen LogP contribution in [0.2, 0.25) is 0 Å². The number of hydrogen-bond acceptors (Lipinski definition) is 5. The maximum atomic E-state index is 12.3. The third kappa shape index (κ3) is 3.99. The molecule has 1 aromatic carbocycles. The summed E-state index contributed by atoms with van der Waals surface area (Å²) in [7, 11) is 0. The summed E-state index contributed by atoms with van der Waals surface area (Å²) < 4.78 is 2.87. The summed E-state index contributed by atoms with van der Waals surface area (Å²) in [5, 5.41) is 9.42. The van der Waals surface area contributed by atoms with E-state index in [9.17, 15) is 4.79 Å². The SMILES string of the molecule is O=C(CSc1nc(-c2ccccc2)cs1)Nc1ccnn1C1CCCC1. The summed E-state index contributed by atoms with van der Waals surface area (Å²) in [6.07, 6.45) is 6.51. The number of anilines is 1. The molecule has 2 heterocycles. The number of hydrogen-bond donors (Lipinski definition) is 1. The quantitative estimate of drug-likeness (QED) is 0.617. The van der Waals surface area contributed by atoms with Gasteiger partial charge in [-0.25, -0.2) is 9.67 Å². The molecule has 1 aliphatic rings. The normalized spacial score (nSPS) is 14.6. The molecule has 0 bridgehead atoms. The number of thiazole rings is 1. The summed E-state index contributed by atoms with van der Waals surface area (Å²) in [5.41, 5.74) is 2.05. The zero-order valence-corrected chi connectivity index (χ0v) is 15.9. The fourth-order valence-corrected chi connectivity index (χ4v) is 4.86. The molecule has 5 nitrogen and oxygen atoms in total. The van der Waals surface area contributed by atoms with E-state index >= 15 is 0 Å². The molecule has 3 aromatic rings. The lowest BCUT2D eigenvalue weighted by Crippen LogP contribution is -2.19. The molecule has 0 radical (unpaired) electrons. The highest BCUT2D eigenvalue weighted by Crippen LogP contribution is 2.31. The number of nitrogens with one attached hydrogen (secondary N) is 1. The van der Waals surface area contributed by atoms with Crippen LogP contribution in [0.3, 0.4) is 0 Å². The summed E-state index contributed by atoms with van der Waals surface area (Å²) in [6.45, 7) is 0. The molecular weight excluding hydrogens is 364 g/mol. The van der Waals surface area contributed by atoms with Crippen molar-refractivity contribution in [3.63, 3.8) is 0 Å². The van der Waals surface area contributed by atoms with Gasteiger partial charge in [0.15, 0.2) is 4.34 Å². The zero-order valence-electron chi connectivity index (χ0n) is 14.3. The molecule has 1 amide bonds. The van der Waals surface area contributed by atoms with Crippen LogP contribution < -0.4 is 5.32 Å². The number of benzene rings is 1. The lowest BCUT2D eigenvalue weighted by molar-refractivity contribution is -0.113. The standard InChI is InChI=1S/C19H20N4OS2/c24-18(22-17-10-11-20-23(17)15-8-4-5-9-15)13-26-19-21-16(12-25-19)14-6-2-1-3-7-14/h1-3,6-7,10-12,15H,4-5,8-9,13H2,(H,22,24). The van der Waals surface area contributed by atoms with Gasteiger partial charge >= 0.3 is 0 Å². The molecule has 1 fully saturated rings. The zero-order chi connectivity index (χ0) is 17.8. The second-order valence-electron chi connectivity index (χ2n) is 6.30. The van der Waals surface area contributed by atoms with Crippen LogP contribution in [0.25, 0.3) is 11.3 Å². The van der Waals surface area contributed by atoms with Gasteiger partial charge in [0.1, 0.15) is 5.82 Å². The Morgan fingerprint density at radius 2 is 2.04 bits per heavy atom. The van der Waals surface area contributed by atoms with Crippen molar-refractivity contribution in [2.24, 2.45) is 0 Å². The predicted octanol–water partition coefficient (Wildman–Crippen LogP) is 4.85. The molecule has 1 saturated carbocycles. The summed E-state index contributed by atoms with van der Waals surface area (Å²) in [4.78, 5) is 16.9. The Morgan fingerprint density at radius 3 is 2.85 bits per heavy atom. The fraction of sp³-hybridized carbons (Fsp3) is 0.316. The number of carbonyl (C=O) groups is 1. The van der Waals surface area contributed by atoms with E-state index in [-0.39, 0.29) is 5.91 Å². The molecule has 0 atom stereocenters. The van der Waals surface area contributed by atoms with Gasteiger partial charge < -0.3 is 5.32 Å². The van der Waals surface area contributed by atoms with Gasteiger partial charge in [0.25, 0.3) is 0 Å². The monoisotopic (exact) mass is 384 g/mol. The minimum atomic E-state index is -0.0220. The summed E-state index contributed by atoms with van der Waals surface area (Å²) >= 11 is 3.04. The van der Waals surface area contributed by atoms with E-state index < -0.39 is 0 Å². The van der Waals surface area contributed by atoms with Crippen molar-refractivity contribution in [2.45, 2.75) is 36.1 Å². The maximum Gasteiger partial charge on any atom is 0.235 e. The second kappa shape index (κ2) is 8.05. The van der Waals surface area contributed by atoms with Crippen molar-refractivity contribution in [3.05, 3.63) is 48.0 Å². The Hall–Kier alpha value is -2.12. The highest BCUT2D eigenvalue weighted by atomic mass is 32.2. The van der Waals surface area contributed by atoms with E-state index in [0.29, 0.717) is 11.8 Å². The van der Waals surface area contributed by atoms with Crippen LogP contribution in [0.15, 0.2) is 52.3 Å². The molecule has 26 heavy (non-hydrogen) atoms. The molecule has 0 saturated heterocycles. The van der Waals surface area contributed by atoms with Crippen molar-refractivity contribution < 1.29 is 4.79 Å². The van der Waals surface area contributed by atoms with Crippen LogP contribution >= 0.6 is 23.1 Å². The first-order valence-electron chi connectivity index (χ1n) is 8.77. The maximum absolute atomic E-state index is 12.3. The molecule has 0 aliphatic heterocycles. The molecular formula is C19H20N4OS2. The van der Waals surface area contributed by atoms with Crippen LogP contribution in [0.5, 0.6) is 0 Å². The van der Waals surface area contributed by atoms with Gasteiger partial charge in [0, 0.05) is 17.0 Å². The lowest BCUT2D eigenvalue weighted by Gasteiger charge is -2.14. The average molecular weight is 385 g/mol. The summed E-state index contributed by atoms with van der Waals surface area (Å²) in [6, 6.07) is 12.4. The van der Waals surface area contributed by atoms with Gasteiger partial charge in [-0.05, 0) is 12.8 Å².